The number of alkyl halides is 6. The average Bonchev–Trinajstić information content (AvgIpc) is 2.92. The molecule has 1 N–H and O–H groups in total. The Balaban J connectivity index is 1.81. The molecule has 1 saturated heterocycles. The second kappa shape index (κ2) is 11.5. The highest BCUT2D eigenvalue weighted by molar-refractivity contribution is 6.23. The van der Waals surface area contributed by atoms with Crippen LogP contribution in [-0.4, -0.2) is 73.3 Å². The first-order chi connectivity index (χ1) is 19.8. The molecule has 2 aliphatic rings. The Hall–Kier alpha value is -4.30. The molecule has 9 nitrogen and oxygen atoms in total. The van der Waals surface area contributed by atoms with Gasteiger partial charge in [-0.3, -0.25) is 15.0 Å². The van der Waals surface area contributed by atoms with E-state index in [0.29, 0.717) is 35.2 Å². The van der Waals surface area contributed by atoms with E-state index >= 15 is 0 Å². The molecule has 2 aromatic carbocycles. The molecule has 0 saturated carbocycles. The van der Waals surface area contributed by atoms with Crippen LogP contribution in [0.1, 0.15) is 25.0 Å². The molecule has 226 valence electrons. The minimum Gasteiger partial charge on any atom is -0.497 e. The first kappa shape index (κ1) is 30.7. The molecule has 1 fully saturated rings. The topological polar surface area (TPSA) is 102 Å². The van der Waals surface area contributed by atoms with Crippen LogP contribution in [0.2, 0.25) is 0 Å². The van der Waals surface area contributed by atoms with Gasteiger partial charge in [0.25, 0.3) is 5.54 Å². The monoisotopic (exact) mass is 600 g/mol. The van der Waals surface area contributed by atoms with Crippen molar-refractivity contribution in [2.24, 2.45) is 15.9 Å². The van der Waals surface area contributed by atoms with Gasteiger partial charge in [0, 0.05) is 12.1 Å². The fourth-order valence-corrected chi connectivity index (χ4v) is 4.68. The lowest BCUT2D eigenvalue weighted by molar-refractivity contribution is -0.302. The lowest BCUT2D eigenvalue weighted by Crippen LogP contribution is -2.73. The third kappa shape index (κ3) is 5.46. The SMILES string of the molecule is CCOc1ccc(CCN2C(=O)NC(=O)C3C2=NC(c2ccc(OC)cc2)=NC3(C(F)(F)F)C(F)(F)F)cc1OCC. The summed E-state index contributed by atoms with van der Waals surface area (Å²) in [5.41, 5.74) is -4.61. The largest absolute Gasteiger partial charge is 0.497 e. The lowest BCUT2D eigenvalue weighted by atomic mass is 9.78. The van der Waals surface area contributed by atoms with E-state index in [0.717, 1.165) is 0 Å². The fraction of sp³-hybridized carbons (Fsp3) is 0.407. The van der Waals surface area contributed by atoms with E-state index in [9.17, 15) is 35.9 Å². The summed E-state index contributed by atoms with van der Waals surface area (Å²) in [6.45, 7) is 3.74. The van der Waals surface area contributed by atoms with E-state index in [1.54, 1.807) is 37.4 Å². The van der Waals surface area contributed by atoms with E-state index in [1.165, 1.54) is 31.4 Å². The van der Waals surface area contributed by atoms with Crippen molar-refractivity contribution in [1.82, 2.24) is 10.2 Å². The maximum absolute atomic E-state index is 14.5. The summed E-state index contributed by atoms with van der Waals surface area (Å²) < 4.78 is 103. The zero-order valence-corrected chi connectivity index (χ0v) is 22.6. The van der Waals surface area contributed by atoms with Gasteiger partial charge in [0.15, 0.2) is 17.3 Å². The van der Waals surface area contributed by atoms with Crippen LogP contribution >= 0.6 is 0 Å². The van der Waals surface area contributed by atoms with Gasteiger partial charge in [-0.05, 0) is 62.2 Å². The third-order valence-corrected chi connectivity index (χ3v) is 6.64. The third-order valence-electron chi connectivity index (χ3n) is 6.64. The molecule has 15 heteroatoms. The summed E-state index contributed by atoms with van der Waals surface area (Å²) in [6, 6.07) is 8.50. The van der Waals surface area contributed by atoms with Gasteiger partial charge in [-0.25, -0.2) is 14.8 Å². The van der Waals surface area contributed by atoms with Crippen LogP contribution in [0.4, 0.5) is 31.1 Å². The number of carbonyl (C=O) groups excluding carboxylic acids is 2. The van der Waals surface area contributed by atoms with Crippen molar-refractivity contribution in [3.63, 3.8) is 0 Å². The molecule has 3 amide bonds. The van der Waals surface area contributed by atoms with Crippen LogP contribution in [0.5, 0.6) is 17.2 Å². The molecular weight excluding hydrogens is 574 g/mol. The van der Waals surface area contributed by atoms with Crippen molar-refractivity contribution in [2.45, 2.75) is 38.2 Å². The second-order valence-corrected chi connectivity index (χ2v) is 9.17. The number of benzene rings is 2. The molecule has 2 heterocycles. The first-order valence-corrected chi connectivity index (χ1v) is 12.7. The van der Waals surface area contributed by atoms with Crippen molar-refractivity contribution < 1.29 is 50.1 Å². The average molecular weight is 601 g/mol. The number of hydrogen-bond acceptors (Lipinski definition) is 7. The van der Waals surface area contributed by atoms with E-state index < -0.39 is 54.0 Å². The van der Waals surface area contributed by atoms with Crippen LogP contribution in [0.15, 0.2) is 52.4 Å². The van der Waals surface area contributed by atoms with Gasteiger partial charge < -0.3 is 14.2 Å². The molecule has 0 radical (unpaired) electrons. The number of methoxy groups -OCH3 is 1. The number of nitrogens with zero attached hydrogens (tertiary/aromatic N) is 3. The van der Waals surface area contributed by atoms with Crippen LogP contribution in [-0.2, 0) is 11.2 Å². The number of carbonyl (C=O) groups is 2. The quantitative estimate of drug-likeness (QED) is 0.412. The molecule has 1 unspecified atom stereocenters. The number of amidine groups is 2. The van der Waals surface area contributed by atoms with E-state index in [-0.39, 0.29) is 17.7 Å². The molecule has 4 rings (SSSR count). The van der Waals surface area contributed by atoms with Crippen molar-refractivity contribution in [2.75, 3.05) is 26.9 Å². The minimum absolute atomic E-state index is 0.0418. The highest BCUT2D eigenvalue weighted by atomic mass is 19.4. The minimum atomic E-state index is -6.10. The normalized spacial score (nSPS) is 18.5. The van der Waals surface area contributed by atoms with E-state index in [2.05, 4.69) is 9.98 Å². The Bertz CT molecular complexity index is 1390. The number of amides is 3. The molecule has 0 aliphatic carbocycles. The number of urea groups is 1. The van der Waals surface area contributed by atoms with Gasteiger partial charge in [0.1, 0.15) is 17.5 Å². The number of imide groups is 1. The number of aliphatic imine (C=N–C) groups is 2. The molecule has 2 aromatic rings. The van der Waals surface area contributed by atoms with Crippen LogP contribution in [0.3, 0.4) is 0 Å². The highest BCUT2D eigenvalue weighted by Gasteiger charge is 2.79. The van der Waals surface area contributed by atoms with Crippen molar-refractivity contribution in [1.29, 1.82) is 0 Å². The smallest absolute Gasteiger partial charge is 0.423 e. The maximum Gasteiger partial charge on any atom is 0.423 e. The summed E-state index contributed by atoms with van der Waals surface area (Å²) in [7, 11) is 1.32. The number of nitrogens with one attached hydrogen (secondary N) is 1. The summed E-state index contributed by atoms with van der Waals surface area (Å²) in [4.78, 5) is 33.3. The Morgan fingerprint density at radius 2 is 1.55 bits per heavy atom. The van der Waals surface area contributed by atoms with Crippen LogP contribution in [0, 0.1) is 5.92 Å². The van der Waals surface area contributed by atoms with Crippen LogP contribution < -0.4 is 19.5 Å². The summed E-state index contributed by atoms with van der Waals surface area (Å²) >= 11 is 0. The Kier molecular flexibility index (Phi) is 8.41. The number of rotatable bonds is 9. The second-order valence-electron chi connectivity index (χ2n) is 9.17. The molecular formula is C27H26F6N4O5. The Morgan fingerprint density at radius 1 is 0.929 bits per heavy atom. The van der Waals surface area contributed by atoms with Gasteiger partial charge in [-0.2, -0.15) is 26.3 Å². The summed E-state index contributed by atoms with van der Waals surface area (Å²) in [6.07, 6.45) is -12.2. The maximum atomic E-state index is 14.5. The predicted octanol–water partition coefficient (Wildman–Crippen LogP) is 4.93. The predicted molar refractivity (Wildman–Crippen MR) is 138 cm³/mol. The van der Waals surface area contributed by atoms with Crippen molar-refractivity contribution in [3.8, 4) is 17.2 Å². The van der Waals surface area contributed by atoms with Crippen LogP contribution in [0.25, 0.3) is 0 Å². The fourth-order valence-electron chi connectivity index (χ4n) is 4.68. The van der Waals surface area contributed by atoms with Gasteiger partial charge in [-0.1, -0.05) is 6.07 Å². The van der Waals surface area contributed by atoms with E-state index in [1.807, 2.05) is 0 Å². The molecule has 0 aromatic heterocycles. The van der Waals surface area contributed by atoms with Gasteiger partial charge in [-0.15, -0.1) is 0 Å². The molecule has 0 spiro atoms. The number of halogens is 6. The molecule has 42 heavy (non-hydrogen) atoms. The summed E-state index contributed by atoms with van der Waals surface area (Å²) in [5, 5.41) is 1.63. The lowest BCUT2D eigenvalue weighted by Gasteiger charge is -2.45. The van der Waals surface area contributed by atoms with Crippen molar-refractivity contribution in [3.05, 3.63) is 53.6 Å². The van der Waals surface area contributed by atoms with Gasteiger partial charge >= 0.3 is 18.4 Å². The summed E-state index contributed by atoms with van der Waals surface area (Å²) in [5.74, 6) is -5.74. The Labute approximate surface area is 236 Å². The molecule has 1 atom stereocenters. The number of hydrogen-bond donors (Lipinski definition) is 1. The van der Waals surface area contributed by atoms with Gasteiger partial charge in [0.05, 0.1) is 20.3 Å². The van der Waals surface area contributed by atoms with E-state index in [4.69, 9.17) is 14.2 Å². The zero-order chi connectivity index (χ0) is 30.9. The van der Waals surface area contributed by atoms with Gasteiger partial charge in [0.2, 0.25) is 5.91 Å². The van der Waals surface area contributed by atoms with Crippen molar-refractivity contribution >= 4 is 23.6 Å². The first-order valence-electron chi connectivity index (χ1n) is 12.7. The molecule has 0 bridgehead atoms. The standard InChI is InChI=1S/C27H26F6N4O5/c1-4-41-18-11-6-15(14-19(18)42-5-2)12-13-37-22-20(23(38)35-24(37)39)25(26(28,29)30,27(31,32)33)36-21(34-22)16-7-9-17(40-3)10-8-16/h6-11,14,20H,4-5,12-13H2,1-3H3,(H,35,38,39). The zero-order valence-electron chi connectivity index (χ0n) is 22.6. The molecule has 2 aliphatic heterocycles. The number of fused-ring (bicyclic) bond motifs is 1. The highest BCUT2D eigenvalue weighted by Crippen LogP contribution is 2.53. The Morgan fingerprint density at radius 3 is 2.12 bits per heavy atom. The number of ether oxygens (including phenoxy) is 3.